The highest BCUT2D eigenvalue weighted by atomic mass is 79.9. The van der Waals surface area contributed by atoms with Crippen molar-refractivity contribution in [2.24, 2.45) is 0 Å². The molecule has 0 aromatic heterocycles. The summed E-state index contributed by atoms with van der Waals surface area (Å²) in [4.78, 5) is 0.0673. The average molecular weight is 826 g/mol. The predicted octanol–water partition coefficient (Wildman–Crippen LogP) is 6.71. The predicted molar refractivity (Wildman–Crippen MR) is 108 cm³/mol. The summed E-state index contributed by atoms with van der Waals surface area (Å²) in [5.74, 6) is 0. The first kappa shape index (κ1) is 21.3. The van der Waals surface area contributed by atoms with Crippen LogP contribution in [0.3, 0.4) is 0 Å². The molecule has 0 bridgehead atoms. The van der Waals surface area contributed by atoms with E-state index in [4.69, 9.17) is 0 Å². The van der Waals surface area contributed by atoms with Crippen LogP contribution in [0.2, 0.25) is 0 Å². The van der Waals surface area contributed by atoms with Crippen molar-refractivity contribution >= 4 is 143 Å². The number of halogens is 9. The summed E-state index contributed by atoms with van der Waals surface area (Å²) in [6, 6.07) is 0. The van der Waals surface area contributed by atoms with Gasteiger partial charge in [-0.3, -0.25) is 0 Å². The molecule has 0 aromatic carbocycles. The minimum absolute atomic E-state index is 0.0673. The molecule has 0 saturated heterocycles. The van der Waals surface area contributed by atoms with Crippen molar-refractivity contribution in [2.45, 2.75) is 24.7 Å². The van der Waals surface area contributed by atoms with E-state index in [1.807, 2.05) is 6.92 Å². The van der Waals surface area contributed by atoms with Gasteiger partial charge in [0.1, 0.15) is 12.9 Å². The van der Waals surface area contributed by atoms with Crippen molar-refractivity contribution in [2.75, 3.05) is 6.61 Å². The molecule has 1 nitrogen and oxygen atoms in total. The zero-order chi connectivity index (χ0) is 14.3. The molecule has 1 N–H and O–H groups in total. The lowest BCUT2D eigenvalue weighted by Crippen LogP contribution is -2.59. The molecule has 0 aliphatic heterocycles. The standard InChI is InChI=1S/C7H7Br9O/c1-3(8)5(11,12)7(15,16)6(13,14)4(9,10)2-17/h3,17H,2H2,1H3. The van der Waals surface area contributed by atoms with Crippen LogP contribution >= 0.6 is 143 Å². The summed E-state index contributed by atoms with van der Waals surface area (Å²) >= 11 is 32.0. The quantitative estimate of drug-likeness (QED) is 0.306. The van der Waals surface area contributed by atoms with Gasteiger partial charge in [-0.05, 0) is 0 Å². The first-order valence-electron chi connectivity index (χ1n) is 4.02. The normalized spacial score (nSPS) is 17.1. The Morgan fingerprint density at radius 1 is 0.882 bits per heavy atom. The van der Waals surface area contributed by atoms with Gasteiger partial charge in [0.25, 0.3) is 0 Å². The molecule has 104 valence electrons. The second-order valence-corrected chi connectivity index (χ2v) is 18.8. The molecule has 0 aromatic rings. The largest absolute Gasteiger partial charge is 0.394 e. The van der Waals surface area contributed by atoms with E-state index in [0.717, 1.165) is 0 Å². The van der Waals surface area contributed by atoms with Crippen LogP contribution in [0.5, 0.6) is 0 Å². The summed E-state index contributed by atoms with van der Waals surface area (Å²) in [5.41, 5.74) is 0. The van der Waals surface area contributed by atoms with Crippen molar-refractivity contribution in [3.8, 4) is 0 Å². The molecule has 0 radical (unpaired) electrons. The van der Waals surface area contributed by atoms with Gasteiger partial charge in [-0.15, -0.1) is 0 Å². The highest BCUT2D eigenvalue weighted by Crippen LogP contribution is 2.67. The van der Waals surface area contributed by atoms with Gasteiger partial charge in [0, 0.05) is 4.83 Å². The molecule has 0 spiro atoms. The third-order valence-electron chi connectivity index (χ3n) is 1.97. The Balaban J connectivity index is 5.61. The maximum absolute atomic E-state index is 9.46. The van der Waals surface area contributed by atoms with E-state index in [9.17, 15) is 5.11 Å². The summed E-state index contributed by atoms with van der Waals surface area (Å²) in [6.45, 7) is 1.84. The Morgan fingerprint density at radius 2 is 1.24 bits per heavy atom. The number of hydrogen-bond acceptors (Lipinski definition) is 1. The molecule has 1 unspecified atom stereocenters. The van der Waals surface area contributed by atoms with Gasteiger partial charge in [-0.2, -0.15) is 0 Å². The average Bonchev–Trinajstić information content (AvgIpc) is 2.16. The van der Waals surface area contributed by atoms with Crippen LogP contribution in [0.15, 0.2) is 0 Å². The molecule has 0 fully saturated rings. The molecule has 1 atom stereocenters. The van der Waals surface area contributed by atoms with Gasteiger partial charge < -0.3 is 5.11 Å². The zero-order valence-electron chi connectivity index (χ0n) is 8.13. The van der Waals surface area contributed by atoms with Crippen LogP contribution in [-0.4, -0.2) is 29.5 Å². The fourth-order valence-electron chi connectivity index (χ4n) is 0.788. The van der Waals surface area contributed by atoms with E-state index in [0.29, 0.717) is 0 Å². The number of rotatable bonds is 5. The molecule has 0 heterocycles. The van der Waals surface area contributed by atoms with E-state index in [1.165, 1.54) is 0 Å². The number of aliphatic hydroxyl groups excluding tert-OH is 1. The number of aliphatic hydroxyl groups is 1. The Bertz CT molecular complexity index is 273. The lowest BCUT2D eigenvalue weighted by atomic mass is 10.1. The summed E-state index contributed by atoms with van der Waals surface area (Å²) in [7, 11) is 0. The first-order valence-corrected chi connectivity index (χ1v) is 11.3. The number of hydrogen-bond donors (Lipinski definition) is 1. The van der Waals surface area contributed by atoms with Crippen molar-refractivity contribution in [3.63, 3.8) is 0 Å². The Morgan fingerprint density at radius 3 is 1.47 bits per heavy atom. The Labute approximate surface area is 177 Å². The van der Waals surface area contributed by atoms with Crippen LogP contribution in [0, 0.1) is 0 Å². The van der Waals surface area contributed by atoms with E-state index in [-0.39, 0.29) is 11.4 Å². The van der Waals surface area contributed by atoms with Crippen LogP contribution in [0.4, 0.5) is 0 Å². The Hall–Kier alpha value is 4.28. The SMILES string of the molecule is CC(Br)C(Br)(Br)C(Br)(Br)C(Br)(Br)C(Br)(Br)CO. The molecule has 0 amide bonds. The van der Waals surface area contributed by atoms with Crippen LogP contribution in [-0.2, 0) is 0 Å². The fraction of sp³-hybridized carbons (Fsp3) is 1.00. The van der Waals surface area contributed by atoms with Crippen LogP contribution in [0.25, 0.3) is 0 Å². The lowest BCUT2D eigenvalue weighted by Gasteiger charge is -2.49. The molecule has 0 saturated carbocycles. The van der Waals surface area contributed by atoms with E-state index < -0.39 is 12.9 Å². The Kier molecular flexibility index (Phi) is 9.06. The van der Waals surface area contributed by atoms with E-state index in [1.54, 1.807) is 0 Å². The molecule has 10 heteroatoms. The number of alkyl halides is 9. The maximum atomic E-state index is 9.46. The first-order chi connectivity index (χ1) is 7.25. The third kappa shape index (κ3) is 4.18. The summed E-state index contributed by atoms with van der Waals surface area (Å²) < 4.78 is -2.83. The molecule has 17 heavy (non-hydrogen) atoms. The molecular formula is C7H7Br9O. The van der Waals surface area contributed by atoms with Gasteiger partial charge in [0.05, 0.1) is 6.61 Å². The fourth-order valence-corrected chi connectivity index (χ4v) is 7.30. The smallest absolute Gasteiger partial charge is 0.135 e. The zero-order valence-corrected chi connectivity index (χ0v) is 22.4. The second kappa shape index (κ2) is 7.23. The van der Waals surface area contributed by atoms with Gasteiger partial charge in [0.15, 0.2) is 0 Å². The van der Waals surface area contributed by atoms with Gasteiger partial charge in [-0.1, -0.05) is 150 Å². The highest BCUT2D eigenvalue weighted by Gasteiger charge is 2.65. The second-order valence-electron chi connectivity index (χ2n) is 3.25. The lowest BCUT2D eigenvalue weighted by molar-refractivity contribution is 0.282. The molecule has 0 rings (SSSR count). The van der Waals surface area contributed by atoms with Gasteiger partial charge >= 0.3 is 0 Å². The van der Waals surface area contributed by atoms with Gasteiger partial charge in [-0.25, -0.2) is 0 Å². The highest BCUT2D eigenvalue weighted by molar-refractivity contribution is 9.34. The van der Waals surface area contributed by atoms with Crippen molar-refractivity contribution in [1.29, 1.82) is 0 Å². The van der Waals surface area contributed by atoms with Gasteiger partial charge in [0.2, 0.25) is 0 Å². The van der Waals surface area contributed by atoms with E-state index >= 15 is 0 Å². The van der Waals surface area contributed by atoms with Crippen LogP contribution in [0.1, 0.15) is 6.92 Å². The maximum Gasteiger partial charge on any atom is 0.135 e. The minimum atomic E-state index is -0.797. The molecular weight excluding hydrogens is 819 g/mol. The van der Waals surface area contributed by atoms with Crippen molar-refractivity contribution < 1.29 is 5.11 Å². The van der Waals surface area contributed by atoms with Crippen molar-refractivity contribution in [1.82, 2.24) is 0 Å². The van der Waals surface area contributed by atoms with Crippen LogP contribution < -0.4 is 0 Å². The molecule has 0 aliphatic carbocycles. The molecule has 0 aliphatic rings. The monoisotopic (exact) mass is 817 g/mol. The minimum Gasteiger partial charge on any atom is -0.394 e. The summed E-state index contributed by atoms with van der Waals surface area (Å²) in [6.07, 6.45) is 0. The topological polar surface area (TPSA) is 20.2 Å². The summed E-state index contributed by atoms with van der Waals surface area (Å²) in [5, 5.41) is 9.46. The third-order valence-corrected chi connectivity index (χ3v) is 19.5. The van der Waals surface area contributed by atoms with E-state index in [2.05, 4.69) is 143 Å². The van der Waals surface area contributed by atoms with Crippen molar-refractivity contribution in [3.05, 3.63) is 0 Å².